The summed E-state index contributed by atoms with van der Waals surface area (Å²) in [5.74, 6) is 1.00. The Hall–Kier alpha value is -0.340. The minimum Gasteiger partial charge on any atom is -0.315 e. The number of rotatable bonds is 9. The third kappa shape index (κ3) is 6.17. The zero-order chi connectivity index (χ0) is 10.2. The normalized spacial score (nSPS) is 16.1. The topological polar surface area (TPSA) is 15.3 Å². The van der Waals surface area contributed by atoms with Crippen LogP contribution in [-0.4, -0.2) is 38.1 Å². The maximum absolute atomic E-state index is 3.73. The van der Waals surface area contributed by atoms with Crippen molar-refractivity contribution in [2.45, 2.75) is 25.7 Å². The van der Waals surface area contributed by atoms with Crippen molar-refractivity contribution in [3.8, 4) is 0 Å². The number of allylic oxidation sites excluding steroid dienone is 1. The van der Waals surface area contributed by atoms with Gasteiger partial charge >= 0.3 is 0 Å². The van der Waals surface area contributed by atoms with Crippen LogP contribution in [0.2, 0.25) is 0 Å². The largest absolute Gasteiger partial charge is 0.315 e. The smallest absolute Gasteiger partial charge is 0.0104 e. The first-order valence-electron chi connectivity index (χ1n) is 5.83. The van der Waals surface area contributed by atoms with E-state index in [0.29, 0.717) is 0 Å². The monoisotopic (exact) mass is 196 g/mol. The van der Waals surface area contributed by atoms with Crippen molar-refractivity contribution in [1.82, 2.24) is 10.2 Å². The van der Waals surface area contributed by atoms with Crippen molar-refractivity contribution < 1.29 is 0 Å². The average Bonchev–Trinajstić information content (AvgIpc) is 2.97. The van der Waals surface area contributed by atoms with Crippen molar-refractivity contribution in [2.24, 2.45) is 5.92 Å². The van der Waals surface area contributed by atoms with Crippen molar-refractivity contribution in [1.29, 1.82) is 0 Å². The highest BCUT2D eigenvalue weighted by molar-refractivity contribution is 4.75. The fourth-order valence-electron chi connectivity index (χ4n) is 1.52. The highest BCUT2D eigenvalue weighted by atomic mass is 15.1. The zero-order valence-electron chi connectivity index (χ0n) is 9.47. The molecule has 0 aromatic heterocycles. The van der Waals surface area contributed by atoms with E-state index in [1.54, 1.807) is 0 Å². The first-order chi connectivity index (χ1) is 6.83. The summed E-state index contributed by atoms with van der Waals surface area (Å²) in [4.78, 5) is 2.39. The maximum atomic E-state index is 3.73. The van der Waals surface area contributed by atoms with Crippen molar-refractivity contribution in [3.63, 3.8) is 0 Å². The van der Waals surface area contributed by atoms with Crippen LogP contribution in [0.1, 0.15) is 25.7 Å². The molecule has 1 aliphatic rings. The maximum Gasteiger partial charge on any atom is 0.0104 e. The second-order valence-electron chi connectivity index (χ2n) is 4.38. The molecule has 1 aliphatic carbocycles. The molecule has 82 valence electrons. The second kappa shape index (κ2) is 7.02. The average molecular weight is 196 g/mol. The summed E-state index contributed by atoms with van der Waals surface area (Å²) in [7, 11) is 2.20. The minimum atomic E-state index is 1.00. The third-order valence-corrected chi connectivity index (χ3v) is 2.75. The molecule has 0 atom stereocenters. The molecule has 1 N–H and O–H groups in total. The molecule has 14 heavy (non-hydrogen) atoms. The fraction of sp³-hybridized carbons (Fsp3) is 0.833. The van der Waals surface area contributed by atoms with E-state index in [1.807, 2.05) is 6.08 Å². The molecule has 0 aromatic carbocycles. The molecule has 0 aromatic rings. The van der Waals surface area contributed by atoms with Gasteiger partial charge in [-0.3, -0.25) is 0 Å². The van der Waals surface area contributed by atoms with Crippen LogP contribution >= 0.6 is 0 Å². The van der Waals surface area contributed by atoms with E-state index in [0.717, 1.165) is 18.9 Å². The predicted octanol–water partition coefficient (Wildman–Crippen LogP) is 1.88. The number of likely N-dealkylation sites (N-methyl/N-ethyl adjacent to an activating group) is 1. The number of hydrogen-bond donors (Lipinski definition) is 1. The quantitative estimate of drug-likeness (QED) is 0.447. The molecule has 0 bridgehead atoms. The Morgan fingerprint density at radius 3 is 2.86 bits per heavy atom. The molecule has 0 spiro atoms. The molecule has 0 amide bonds. The summed E-state index contributed by atoms with van der Waals surface area (Å²) in [5, 5.41) is 3.51. The summed E-state index contributed by atoms with van der Waals surface area (Å²) in [6, 6.07) is 0. The number of nitrogens with one attached hydrogen (secondary N) is 1. The van der Waals surface area contributed by atoms with Crippen LogP contribution in [0.15, 0.2) is 12.7 Å². The van der Waals surface area contributed by atoms with E-state index in [1.165, 1.54) is 38.9 Å². The van der Waals surface area contributed by atoms with Gasteiger partial charge < -0.3 is 10.2 Å². The van der Waals surface area contributed by atoms with Crippen LogP contribution in [0, 0.1) is 5.92 Å². The van der Waals surface area contributed by atoms with Gasteiger partial charge in [-0.1, -0.05) is 6.08 Å². The second-order valence-corrected chi connectivity index (χ2v) is 4.38. The third-order valence-electron chi connectivity index (χ3n) is 2.75. The summed E-state index contributed by atoms with van der Waals surface area (Å²) < 4.78 is 0. The van der Waals surface area contributed by atoms with Gasteiger partial charge in [0.2, 0.25) is 0 Å². The van der Waals surface area contributed by atoms with Crippen LogP contribution in [-0.2, 0) is 0 Å². The summed E-state index contributed by atoms with van der Waals surface area (Å²) in [5.41, 5.74) is 0. The van der Waals surface area contributed by atoms with Crippen LogP contribution in [0.25, 0.3) is 0 Å². The fourth-order valence-corrected chi connectivity index (χ4v) is 1.52. The van der Waals surface area contributed by atoms with Crippen LogP contribution in [0.5, 0.6) is 0 Å². The first-order valence-corrected chi connectivity index (χ1v) is 5.83. The van der Waals surface area contributed by atoms with E-state index >= 15 is 0 Å². The van der Waals surface area contributed by atoms with Gasteiger partial charge in [0.15, 0.2) is 0 Å². The van der Waals surface area contributed by atoms with Gasteiger partial charge in [0.1, 0.15) is 0 Å². The number of nitrogens with zero attached hydrogens (tertiary/aromatic N) is 1. The van der Waals surface area contributed by atoms with Gasteiger partial charge in [0, 0.05) is 13.1 Å². The summed E-state index contributed by atoms with van der Waals surface area (Å²) in [6.45, 7) is 8.47. The molecule has 2 nitrogen and oxygen atoms in total. The first kappa shape index (κ1) is 11.7. The summed E-state index contributed by atoms with van der Waals surface area (Å²) in [6.07, 6.45) is 7.27. The van der Waals surface area contributed by atoms with E-state index in [-0.39, 0.29) is 0 Å². The Kier molecular flexibility index (Phi) is 5.88. The van der Waals surface area contributed by atoms with Gasteiger partial charge in [-0.2, -0.15) is 0 Å². The molecule has 0 radical (unpaired) electrons. The highest BCUT2D eigenvalue weighted by Gasteiger charge is 2.19. The minimum absolute atomic E-state index is 1.00. The molecule has 1 rings (SSSR count). The van der Waals surface area contributed by atoms with E-state index in [2.05, 4.69) is 23.8 Å². The Bertz CT molecular complexity index is 152. The van der Waals surface area contributed by atoms with Crippen LogP contribution in [0.3, 0.4) is 0 Å². The van der Waals surface area contributed by atoms with Crippen molar-refractivity contribution >= 4 is 0 Å². The summed E-state index contributed by atoms with van der Waals surface area (Å²) >= 11 is 0. The number of hydrogen-bond acceptors (Lipinski definition) is 2. The molecular formula is C12H24N2. The van der Waals surface area contributed by atoms with Crippen LogP contribution < -0.4 is 5.32 Å². The molecule has 2 heteroatoms. The van der Waals surface area contributed by atoms with E-state index in [9.17, 15) is 0 Å². The molecular weight excluding hydrogens is 172 g/mol. The van der Waals surface area contributed by atoms with E-state index in [4.69, 9.17) is 0 Å². The van der Waals surface area contributed by atoms with Crippen molar-refractivity contribution in [2.75, 3.05) is 33.2 Å². The van der Waals surface area contributed by atoms with Crippen molar-refractivity contribution in [3.05, 3.63) is 12.7 Å². The zero-order valence-corrected chi connectivity index (χ0v) is 9.47. The lowest BCUT2D eigenvalue weighted by Crippen LogP contribution is -2.30. The lowest BCUT2D eigenvalue weighted by molar-refractivity contribution is 0.327. The van der Waals surface area contributed by atoms with Crippen LogP contribution in [0.4, 0.5) is 0 Å². The molecule has 0 heterocycles. The van der Waals surface area contributed by atoms with Gasteiger partial charge in [0.05, 0.1) is 0 Å². The standard InChI is InChI=1S/C12H24N2/c1-3-4-5-9-14(2)10-8-13-11-12-6-7-12/h3,12-13H,1,4-11H2,2H3. The van der Waals surface area contributed by atoms with Gasteiger partial charge in [-0.05, 0) is 51.7 Å². The lowest BCUT2D eigenvalue weighted by Gasteiger charge is -2.16. The van der Waals surface area contributed by atoms with Gasteiger partial charge in [0.25, 0.3) is 0 Å². The molecule has 0 unspecified atom stereocenters. The lowest BCUT2D eigenvalue weighted by atomic mass is 10.3. The Morgan fingerprint density at radius 1 is 1.43 bits per heavy atom. The van der Waals surface area contributed by atoms with Gasteiger partial charge in [-0.15, -0.1) is 6.58 Å². The molecule has 0 aliphatic heterocycles. The SMILES string of the molecule is C=CCCCN(C)CCNCC1CC1. The Balaban J connectivity index is 1.81. The Morgan fingerprint density at radius 2 is 2.21 bits per heavy atom. The molecule has 0 saturated heterocycles. The molecule has 1 fully saturated rings. The number of unbranched alkanes of at least 4 members (excludes halogenated alkanes) is 1. The van der Waals surface area contributed by atoms with Gasteiger partial charge in [-0.25, -0.2) is 0 Å². The van der Waals surface area contributed by atoms with E-state index < -0.39 is 0 Å². The molecule has 1 saturated carbocycles. The Labute approximate surface area is 88.4 Å². The predicted molar refractivity (Wildman–Crippen MR) is 62.5 cm³/mol. The highest BCUT2D eigenvalue weighted by Crippen LogP contribution is 2.27.